The van der Waals surface area contributed by atoms with Crippen LogP contribution in [0.3, 0.4) is 0 Å². The second-order valence-electron chi connectivity index (χ2n) is 4.26. The molecule has 0 saturated heterocycles. The zero-order valence-electron chi connectivity index (χ0n) is 12.7. The molecule has 6 nitrogen and oxygen atoms in total. The number of nitrogens with zero attached hydrogens (tertiary/aromatic N) is 2. The van der Waals surface area contributed by atoms with Gasteiger partial charge < -0.3 is 15.4 Å². The van der Waals surface area contributed by atoms with E-state index in [0.29, 0.717) is 24.6 Å². The Balaban J connectivity index is 0.00000242. The minimum Gasteiger partial charge on any atom is -0.383 e. The Bertz CT molecular complexity index is 569. The average molecular weight is 379 g/mol. The van der Waals surface area contributed by atoms with Crippen molar-refractivity contribution in [2.24, 2.45) is 0 Å². The summed E-state index contributed by atoms with van der Waals surface area (Å²) in [5.74, 6) is -0.0960. The highest BCUT2D eigenvalue weighted by atomic mass is 35.5. The molecule has 0 aromatic carbocycles. The third-order valence-corrected chi connectivity index (χ3v) is 3.77. The van der Waals surface area contributed by atoms with Gasteiger partial charge in [-0.05, 0) is 12.1 Å². The predicted octanol–water partition coefficient (Wildman–Crippen LogP) is 2.01. The van der Waals surface area contributed by atoms with Gasteiger partial charge in [0.25, 0.3) is 5.91 Å². The highest BCUT2D eigenvalue weighted by molar-refractivity contribution is 7.16. The summed E-state index contributed by atoms with van der Waals surface area (Å²) < 4.78 is 4.92. The number of carbonyl (C=O) groups excluding carboxylic acids is 1. The number of carbonyl (C=O) groups is 1. The van der Waals surface area contributed by atoms with E-state index in [4.69, 9.17) is 4.74 Å². The van der Waals surface area contributed by atoms with E-state index < -0.39 is 0 Å². The van der Waals surface area contributed by atoms with Crippen LogP contribution in [0.5, 0.6) is 0 Å². The summed E-state index contributed by atoms with van der Waals surface area (Å²) in [6, 6.07) is 3.75. The van der Waals surface area contributed by atoms with Crippen LogP contribution in [0.25, 0.3) is 10.6 Å². The molecule has 9 heteroatoms. The molecule has 2 rings (SSSR count). The highest BCUT2D eigenvalue weighted by Gasteiger charge is 2.10. The molecular weight excluding hydrogens is 359 g/mol. The third kappa shape index (κ3) is 7.24. The van der Waals surface area contributed by atoms with Crippen molar-refractivity contribution in [3.63, 3.8) is 0 Å². The number of methoxy groups -OCH3 is 1. The lowest BCUT2D eigenvalue weighted by Crippen LogP contribution is -2.32. The van der Waals surface area contributed by atoms with Crippen molar-refractivity contribution < 1.29 is 9.53 Å². The molecule has 0 saturated carbocycles. The fourth-order valence-corrected chi connectivity index (χ4v) is 2.50. The minimum atomic E-state index is -0.0960. The summed E-state index contributed by atoms with van der Waals surface area (Å²) in [5.41, 5.74) is 0.968. The van der Waals surface area contributed by atoms with Crippen LogP contribution in [-0.2, 0) is 4.74 Å². The Hall–Kier alpha value is -1.25. The summed E-state index contributed by atoms with van der Waals surface area (Å²) in [4.78, 5) is 20.8. The fraction of sp³-hybridized carbons (Fsp3) is 0.357. The summed E-state index contributed by atoms with van der Waals surface area (Å²) >= 11 is 1.37. The first-order valence-electron chi connectivity index (χ1n) is 6.65. The Morgan fingerprint density at radius 2 is 1.96 bits per heavy atom. The molecule has 128 valence electrons. The van der Waals surface area contributed by atoms with Crippen LogP contribution in [0.2, 0.25) is 0 Å². The van der Waals surface area contributed by atoms with Crippen LogP contribution < -0.4 is 10.6 Å². The topological polar surface area (TPSA) is 76.1 Å². The van der Waals surface area contributed by atoms with Gasteiger partial charge in [0.2, 0.25) is 0 Å². The van der Waals surface area contributed by atoms with Crippen LogP contribution in [-0.4, -0.2) is 49.2 Å². The summed E-state index contributed by atoms with van der Waals surface area (Å²) in [6.07, 6.45) is 5.03. The normalized spacial score (nSPS) is 9.61. The van der Waals surface area contributed by atoms with Crippen LogP contribution >= 0.6 is 36.2 Å². The van der Waals surface area contributed by atoms with Gasteiger partial charge in [0, 0.05) is 44.7 Å². The molecular formula is C14H20Cl2N4O2S. The number of aromatic nitrogens is 2. The van der Waals surface area contributed by atoms with Gasteiger partial charge in [-0.15, -0.1) is 36.2 Å². The van der Waals surface area contributed by atoms with Gasteiger partial charge in [0.1, 0.15) is 9.88 Å². The van der Waals surface area contributed by atoms with Crippen LogP contribution in [0.1, 0.15) is 9.67 Å². The predicted molar refractivity (Wildman–Crippen MR) is 96.9 cm³/mol. The van der Waals surface area contributed by atoms with E-state index in [-0.39, 0.29) is 30.7 Å². The molecule has 23 heavy (non-hydrogen) atoms. The van der Waals surface area contributed by atoms with E-state index in [0.717, 1.165) is 17.1 Å². The maximum atomic E-state index is 12.0. The highest BCUT2D eigenvalue weighted by Crippen LogP contribution is 2.24. The SMILES string of the molecule is COCCNCCNC(=O)c1cnc(-c2ccncc2)s1.Cl.Cl. The van der Waals surface area contributed by atoms with E-state index in [1.807, 2.05) is 12.1 Å². The van der Waals surface area contributed by atoms with E-state index >= 15 is 0 Å². The third-order valence-electron chi connectivity index (χ3n) is 2.73. The largest absolute Gasteiger partial charge is 0.383 e. The lowest BCUT2D eigenvalue weighted by molar-refractivity contribution is 0.0957. The van der Waals surface area contributed by atoms with Crippen LogP contribution in [0, 0.1) is 0 Å². The molecule has 0 radical (unpaired) electrons. The summed E-state index contributed by atoms with van der Waals surface area (Å²) in [6.45, 7) is 2.73. The van der Waals surface area contributed by atoms with Crippen molar-refractivity contribution >= 4 is 42.1 Å². The second-order valence-corrected chi connectivity index (χ2v) is 5.29. The average Bonchev–Trinajstić information content (AvgIpc) is 3.01. The lowest BCUT2D eigenvalue weighted by Gasteiger charge is -2.05. The minimum absolute atomic E-state index is 0. The Morgan fingerprint density at radius 1 is 1.22 bits per heavy atom. The van der Waals surface area contributed by atoms with Crippen molar-refractivity contribution in [1.29, 1.82) is 0 Å². The molecule has 0 bridgehead atoms. The molecule has 0 unspecified atom stereocenters. The van der Waals surface area contributed by atoms with Crippen molar-refractivity contribution in [3.05, 3.63) is 35.6 Å². The van der Waals surface area contributed by atoms with Crippen molar-refractivity contribution in [3.8, 4) is 10.6 Å². The van der Waals surface area contributed by atoms with Crippen molar-refractivity contribution in [2.45, 2.75) is 0 Å². The van der Waals surface area contributed by atoms with E-state index in [2.05, 4.69) is 20.6 Å². The van der Waals surface area contributed by atoms with Crippen molar-refractivity contribution in [1.82, 2.24) is 20.6 Å². The smallest absolute Gasteiger partial charge is 0.263 e. The second kappa shape index (κ2) is 12.2. The first kappa shape index (κ1) is 21.8. The molecule has 0 spiro atoms. The first-order chi connectivity index (χ1) is 10.3. The van der Waals surface area contributed by atoms with Gasteiger partial charge in [0.15, 0.2) is 0 Å². The van der Waals surface area contributed by atoms with E-state index in [1.54, 1.807) is 25.7 Å². The quantitative estimate of drug-likeness (QED) is 0.687. The molecule has 0 aliphatic carbocycles. The Morgan fingerprint density at radius 3 is 2.65 bits per heavy atom. The maximum Gasteiger partial charge on any atom is 0.263 e. The van der Waals surface area contributed by atoms with Gasteiger partial charge >= 0.3 is 0 Å². The zero-order chi connectivity index (χ0) is 14.9. The number of amides is 1. The molecule has 1 amide bonds. The Kier molecular flexibility index (Phi) is 11.5. The zero-order valence-corrected chi connectivity index (χ0v) is 15.1. The molecule has 0 atom stereocenters. The monoisotopic (exact) mass is 378 g/mol. The summed E-state index contributed by atoms with van der Waals surface area (Å²) in [7, 11) is 1.66. The molecule has 2 heterocycles. The van der Waals surface area contributed by atoms with Crippen LogP contribution in [0.4, 0.5) is 0 Å². The molecule has 2 aromatic rings. The van der Waals surface area contributed by atoms with Gasteiger partial charge in [-0.3, -0.25) is 9.78 Å². The van der Waals surface area contributed by atoms with Gasteiger partial charge in [-0.2, -0.15) is 0 Å². The van der Waals surface area contributed by atoms with Crippen molar-refractivity contribution in [2.75, 3.05) is 33.4 Å². The van der Waals surface area contributed by atoms with Crippen LogP contribution in [0.15, 0.2) is 30.7 Å². The van der Waals surface area contributed by atoms with E-state index in [1.165, 1.54) is 11.3 Å². The van der Waals surface area contributed by atoms with E-state index in [9.17, 15) is 4.79 Å². The number of rotatable bonds is 8. The lowest BCUT2D eigenvalue weighted by atomic mass is 10.3. The van der Waals surface area contributed by atoms with Gasteiger partial charge in [-0.1, -0.05) is 0 Å². The molecule has 0 fully saturated rings. The molecule has 0 aliphatic heterocycles. The molecule has 2 N–H and O–H groups in total. The standard InChI is InChI=1S/C14H18N4O2S.2ClH/c1-20-9-8-16-6-7-17-13(19)12-10-18-14(21-12)11-2-4-15-5-3-11;;/h2-5,10,16H,6-9H2,1H3,(H,17,19);2*1H. The molecule has 2 aromatic heterocycles. The number of hydrogen-bond donors (Lipinski definition) is 2. The number of pyridine rings is 1. The number of hydrogen-bond acceptors (Lipinski definition) is 6. The molecule has 0 aliphatic rings. The van der Waals surface area contributed by atoms with Gasteiger partial charge in [0.05, 0.1) is 12.8 Å². The number of ether oxygens (including phenoxy) is 1. The maximum absolute atomic E-state index is 12.0. The first-order valence-corrected chi connectivity index (χ1v) is 7.47. The number of nitrogens with one attached hydrogen (secondary N) is 2. The van der Waals surface area contributed by atoms with Gasteiger partial charge in [-0.25, -0.2) is 4.98 Å². The Labute approximate surface area is 151 Å². The number of halogens is 2. The number of thiazole rings is 1. The fourth-order valence-electron chi connectivity index (χ4n) is 1.66. The summed E-state index contributed by atoms with van der Waals surface area (Å²) in [5, 5.41) is 6.84.